The molecule has 2 aromatic rings. The Bertz CT molecular complexity index is 584. The van der Waals surface area contributed by atoms with Gasteiger partial charge in [-0.15, -0.1) is 11.3 Å². The van der Waals surface area contributed by atoms with Gasteiger partial charge in [-0.1, -0.05) is 34.1 Å². The van der Waals surface area contributed by atoms with Crippen LogP contribution in [0.3, 0.4) is 0 Å². The zero-order valence-electron chi connectivity index (χ0n) is 11.4. The minimum Gasteiger partial charge on any atom is -0.468 e. The maximum absolute atomic E-state index is 12.0. The lowest BCUT2D eigenvalue weighted by molar-refractivity contribution is -0.143. The number of halogens is 1. The minimum atomic E-state index is -0.459. The van der Waals surface area contributed by atoms with Gasteiger partial charge in [0.05, 0.1) is 7.11 Å². The van der Waals surface area contributed by atoms with Crippen LogP contribution in [0.2, 0.25) is 0 Å². The molecule has 0 radical (unpaired) electrons. The lowest BCUT2D eigenvalue weighted by Crippen LogP contribution is -2.29. The fourth-order valence-electron chi connectivity index (χ4n) is 1.86. The first-order valence-corrected chi connectivity index (χ1v) is 7.88. The minimum absolute atomic E-state index is 0.280. The van der Waals surface area contributed by atoms with E-state index in [1.807, 2.05) is 42.6 Å². The Morgan fingerprint density at radius 2 is 2.25 bits per heavy atom. The Morgan fingerprint density at radius 1 is 1.45 bits per heavy atom. The standard InChI is InChI=1S/C15H16BrNO2S/c1-10-5-6-11(8-13(10)16)14(15(18)19-2)17-9-12-4-3-7-20-12/h3-8,14,17H,9H2,1-2H3. The van der Waals surface area contributed by atoms with Crippen LogP contribution in [0.25, 0.3) is 0 Å². The molecule has 2 rings (SSSR count). The van der Waals surface area contributed by atoms with Crippen LogP contribution in [0.1, 0.15) is 22.0 Å². The average Bonchev–Trinajstić information content (AvgIpc) is 2.95. The number of rotatable bonds is 5. The SMILES string of the molecule is COC(=O)C(NCc1cccs1)c1ccc(C)c(Br)c1. The molecule has 0 saturated heterocycles. The quantitative estimate of drug-likeness (QED) is 0.830. The van der Waals surface area contributed by atoms with Gasteiger partial charge in [0, 0.05) is 15.9 Å². The zero-order valence-corrected chi connectivity index (χ0v) is 13.8. The molecule has 0 amide bonds. The number of esters is 1. The van der Waals surface area contributed by atoms with Crippen molar-refractivity contribution in [2.45, 2.75) is 19.5 Å². The summed E-state index contributed by atoms with van der Waals surface area (Å²) in [6.45, 7) is 2.66. The first-order valence-electron chi connectivity index (χ1n) is 6.21. The largest absolute Gasteiger partial charge is 0.468 e. The number of ether oxygens (including phenoxy) is 1. The predicted octanol–water partition coefficient (Wildman–Crippen LogP) is 3.82. The van der Waals surface area contributed by atoms with Gasteiger partial charge in [-0.25, -0.2) is 4.79 Å². The van der Waals surface area contributed by atoms with Crippen LogP contribution < -0.4 is 5.32 Å². The lowest BCUT2D eigenvalue weighted by atomic mass is 10.1. The number of aryl methyl sites for hydroxylation is 1. The van der Waals surface area contributed by atoms with Crippen LogP contribution >= 0.6 is 27.3 Å². The van der Waals surface area contributed by atoms with Crippen molar-refractivity contribution in [2.75, 3.05) is 7.11 Å². The molecule has 1 aromatic heterocycles. The highest BCUT2D eigenvalue weighted by molar-refractivity contribution is 9.10. The molecule has 0 spiro atoms. The monoisotopic (exact) mass is 353 g/mol. The van der Waals surface area contributed by atoms with E-state index in [1.165, 1.54) is 12.0 Å². The van der Waals surface area contributed by atoms with Gasteiger partial charge in [-0.2, -0.15) is 0 Å². The molecule has 1 N–H and O–H groups in total. The average molecular weight is 354 g/mol. The molecule has 0 fully saturated rings. The molecule has 0 aliphatic carbocycles. The molecule has 0 bridgehead atoms. The third kappa shape index (κ3) is 3.69. The number of nitrogens with one attached hydrogen (secondary N) is 1. The van der Waals surface area contributed by atoms with Crippen LogP contribution in [0.15, 0.2) is 40.2 Å². The molecule has 3 nitrogen and oxygen atoms in total. The van der Waals surface area contributed by atoms with Gasteiger partial charge >= 0.3 is 5.97 Å². The summed E-state index contributed by atoms with van der Waals surface area (Å²) in [6, 6.07) is 9.47. The summed E-state index contributed by atoms with van der Waals surface area (Å²) in [5.41, 5.74) is 2.03. The van der Waals surface area contributed by atoms with E-state index in [0.717, 1.165) is 15.6 Å². The number of methoxy groups -OCH3 is 1. The number of hydrogen-bond donors (Lipinski definition) is 1. The molecule has 106 valence electrons. The summed E-state index contributed by atoms with van der Waals surface area (Å²) in [5, 5.41) is 5.27. The molecule has 1 atom stereocenters. The highest BCUT2D eigenvalue weighted by atomic mass is 79.9. The van der Waals surface area contributed by atoms with E-state index in [4.69, 9.17) is 4.74 Å². The first-order chi connectivity index (χ1) is 9.61. The summed E-state index contributed by atoms with van der Waals surface area (Å²) in [7, 11) is 1.41. The summed E-state index contributed by atoms with van der Waals surface area (Å²) in [4.78, 5) is 13.2. The lowest BCUT2D eigenvalue weighted by Gasteiger charge is -2.17. The van der Waals surface area contributed by atoms with Crippen molar-refractivity contribution in [2.24, 2.45) is 0 Å². The summed E-state index contributed by atoms with van der Waals surface area (Å²) < 4.78 is 5.88. The van der Waals surface area contributed by atoms with Gasteiger partial charge in [-0.3, -0.25) is 5.32 Å². The van der Waals surface area contributed by atoms with Crippen LogP contribution in [0, 0.1) is 6.92 Å². The molecule has 20 heavy (non-hydrogen) atoms. The van der Waals surface area contributed by atoms with Gasteiger partial charge in [0.15, 0.2) is 0 Å². The molecular formula is C15H16BrNO2S. The van der Waals surface area contributed by atoms with Gasteiger partial charge in [-0.05, 0) is 35.6 Å². The Hall–Kier alpha value is -1.17. The van der Waals surface area contributed by atoms with Crippen molar-refractivity contribution in [1.29, 1.82) is 0 Å². The zero-order chi connectivity index (χ0) is 14.5. The number of benzene rings is 1. The highest BCUT2D eigenvalue weighted by Gasteiger charge is 2.21. The summed E-state index contributed by atoms with van der Waals surface area (Å²) >= 11 is 5.16. The molecular weight excluding hydrogens is 338 g/mol. The van der Waals surface area contributed by atoms with E-state index in [2.05, 4.69) is 21.2 Å². The van der Waals surface area contributed by atoms with Crippen LogP contribution in [-0.4, -0.2) is 13.1 Å². The molecule has 0 aliphatic heterocycles. The third-order valence-corrected chi connectivity index (χ3v) is 4.76. The second-order valence-corrected chi connectivity index (χ2v) is 6.31. The van der Waals surface area contributed by atoms with E-state index in [1.54, 1.807) is 11.3 Å². The Labute approximate surface area is 131 Å². The van der Waals surface area contributed by atoms with Crippen LogP contribution in [0.5, 0.6) is 0 Å². The number of carbonyl (C=O) groups is 1. The van der Waals surface area contributed by atoms with E-state index in [9.17, 15) is 4.79 Å². The van der Waals surface area contributed by atoms with Gasteiger partial charge in [0.2, 0.25) is 0 Å². The summed E-state index contributed by atoms with van der Waals surface area (Å²) in [6.07, 6.45) is 0. The summed E-state index contributed by atoms with van der Waals surface area (Å²) in [5.74, 6) is -0.280. The molecule has 5 heteroatoms. The van der Waals surface area contributed by atoms with Gasteiger partial charge in [0.25, 0.3) is 0 Å². The smallest absolute Gasteiger partial charge is 0.327 e. The highest BCUT2D eigenvalue weighted by Crippen LogP contribution is 2.23. The van der Waals surface area contributed by atoms with E-state index < -0.39 is 6.04 Å². The predicted molar refractivity (Wildman–Crippen MR) is 84.8 cm³/mol. The van der Waals surface area contributed by atoms with E-state index in [0.29, 0.717) is 6.54 Å². The third-order valence-electron chi connectivity index (χ3n) is 3.03. The van der Waals surface area contributed by atoms with Crippen molar-refractivity contribution in [3.05, 3.63) is 56.2 Å². The van der Waals surface area contributed by atoms with Crippen molar-refractivity contribution in [1.82, 2.24) is 5.32 Å². The van der Waals surface area contributed by atoms with Crippen molar-refractivity contribution < 1.29 is 9.53 Å². The molecule has 0 saturated carbocycles. The van der Waals surface area contributed by atoms with Crippen molar-refractivity contribution in [3.8, 4) is 0 Å². The van der Waals surface area contributed by atoms with Gasteiger partial charge in [0.1, 0.15) is 6.04 Å². The second kappa shape index (κ2) is 7.02. The molecule has 1 unspecified atom stereocenters. The maximum atomic E-state index is 12.0. The van der Waals surface area contributed by atoms with E-state index >= 15 is 0 Å². The van der Waals surface area contributed by atoms with Gasteiger partial charge < -0.3 is 4.74 Å². The van der Waals surface area contributed by atoms with Crippen LogP contribution in [-0.2, 0) is 16.1 Å². The number of hydrogen-bond acceptors (Lipinski definition) is 4. The Morgan fingerprint density at radius 3 is 2.85 bits per heavy atom. The second-order valence-electron chi connectivity index (χ2n) is 4.43. The topological polar surface area (TPSA) is 38.3 Å². The maximum Gasteiger partial charge on any atom is 0.327 e. The number of thiophene rings is 1. The van der Waals surface area contributed by atoms with E-state index in [-0.39, 0.29) is 5.97 Å². The fraction of sp³-hybridized carbons (Fsp3) is 0.267. The fourth-order valence-corrected chi connectivity index (χ4v) is 2.91. The van der Waals surface area contributed by atoms with Crippen molar-refractivity contribution >= 4 is 33.2 Å². The Kier molecular flexibility index (Phi) is 5.34. The molecule has 0 aliphatic rings. The Balaban J connectivity index is 2.18. The van der Waals surface area contributed by atoms with Crippen LogP contribution in [0.4, 0.5) is 0 Å². The normalized spacial score (nSPS) is 12.2. The molecule has 1 heterocycles. The molecule has 1 aromatic carbocycles. The van der Waals surface area contributed by atoms with Crippen molar-refractivity contribution in [3.63, 3.8) is 0 Å². The number of carbonyl (C=O) groups excluding carboxylic acids is 1. The first kappa shape index (κ1) is 15.2.